The molecule has 13 heavy (non-hydrogen) atoms. The number of nitrogens with zero attached hydrogens (tertiary/aromatic N) is 4. The second kappa shape index (κ2) is 3.06. The van der Waals surface area contributed by atoms with E-state index in [1.165, 1.54) is 16.1 Å². The molecular formula is C7H6N4OS. The number of carbonyl (C=O) groups is 1. The van der Waals surface area contributed by atoms with Crippen molar-refractivity contribution >= 4 is 17.1 Å². The van der Waals surface area contributed by atoms with E-state index in [4.69, 9.17) is 0 Å². The van der Waals surface area contributed by atoms with Crippen LogP contribution in [0.5, 0.6) is 0 Å². The summed E-state index contributed by atoms with van der Waals surface area (Å²) >= 11 is 1.37. The van der Waals surface area contributed by atoms with Crippen molar-refractivity contribution in [2.75, 3.05) is 0 Å². The van der Waals surface area contributed by atoms with Gasteiger partial charge in [-0.05, 0) is 16.7 Å². The van der Waals surface area contributed by atoms with Crippen molar-refractivity contribution in [1.29, 1.82) is 0 Å². The number of carbonyl (C=O) groups excluding carboxylic acids is 1. The van der Waals surface area contributed by atoms with Crippen LogP contribution in [0.25, 0.3) is 0 Å². The molecule has 66 valence electrons. The molecule has 0 fully saturated rings. The molecule has 6 heteroatoms. The quantitative estimate of drug-likeness (QED) is 0.653. The number of hydrogen-bond acceptors (Lipinski definition) is 5. The molecule has 0 aliphatic carbocycles. The molecule has 0 spiro atoms. The maximum Gasteiger partial charge on any atom is 0.246 e. The molecule has 0 atom stereocenters. The Hall–Kier alpha value is -1.56. The number of ketones is 1. The van der Waals surface area contributed by atoms with Crippen LogP contribution in [0.2, 0.25) is 0 Å². The molecule has 0 saturated heterocycles. The lowest BCUT2D eigenvalue weighted by molar-refractivity contribution is 0.103. The van der Waals surface area contributed by atoms with Crippen LogP contribution in [0.15, 0.2) is 17.5 Å². The predicted octanol–water partition coefficient (Wildman–Crippen LogP) is 0.503. The van der Waals surface area contributed by atoms with Gasteiger partial charge in [0.1, 0.15) is 0 Å². The monoisotopic (exact) mass is 194 g/mol. The molecule has 2 aromatic rings. The molecule has 0 radical (unpaired) electrons. The summed E-state index contributed by atoms with van der Waals surface area (Å²) < 4.78 is 0. The van der Waals surface area contributed by atoms with Gasteiger partial charge in [-0.1, -0.05) is 6.07 Å². The van der Waals surface area contributed by atoms with Gasteiger partial charge < -0.3 is 0 Å². The van der Waals surface area contributed by atoms with Gasteiger partial charge in [-0.2, -0.15) is 4.80 Å². The van der Waals surface area contributed by atoms with E-state index in [2.05, 4.69) is 15.4 Å². The van der Waals surface area contributed by atoms with E-state index in [0.29, 0.717) is 4.88 Å². The second-order valence-corrected chi connectivity index (χ2v) is 3.36. The van der Waals surface area contributed by atoms with Gasteiger partial charge in [-0.25, -0.2) is 0 Å². The molecule has 0 bridgehead atoms. The molecule has 0 saturated carbocycles. The van der Waals surface area contributed by atoms with Crippen LogP contribution in [0.1, 0.15) is 15.5 Å². The predicted molar refractivity (Wildman–Crippen MR) is 46.5 cm³/mol. The number of hydrogen-bond donors (Lipinski definition) is 0. The summed E-state index contributed by atoms with van der Waals surface area (Å²) in [5.74, 6) is -0.0342. The van der Waals surface area contributed by atoms with E-state index in [1.807, 2.05) is 11.4 Å². The van der Waals surface area contributed by atoms with Gasteiger partial charge in [0.2, 0.25) is 11.6 Å². The summed E-state index contributed by atoms with van der Waals surface area (Å²) in [6, 6.07) is 3.55. The van der Waals surface area contributed by atoms with Crippen LogP contribution < -0.4 is 0 Å². The number of thiophene rings is 1. The Morgan fingerprint density at radius 3 is 3.00 bits per heavy atom. The minimum Gasteiger partial charge on any atom is -0.284 e. The van der Waals surface area contributed by atoms with Gasteiger partial charge in [-0.3, -0.25) is 4.79 Å². The number of aryl methyl sites for hydroxylation is 1. The maximum absolute atomic E-state index is 11.6. The Kier molecular flexibility index (Phi) is 1.90. The Morgan fingerprint density at radius 1 is 1.62 bits per heavy atom. The molecule has 5 nitrogen and oxygen atoms in total. The van der Waals surface area contributed by atoms with Crippen molar-refractivity contribution in [2.24, 2.45) is 7.05 Å². The van der Waals surface area contributed by atoms with Crippen LogP contribution in [0.3, 0.4) is 0 Å². The molecule has 2 heterocycles. The van der Waals surface area contributed by atoms with Crippen molar-refractivity contribution in [3.05, 3.63) is 28.2 Å². The maximum atomic E-state index is 11.6. The molecule has 2 aromatic heterocycles. The fraction of sp³-hybridized carbons (Fsp3) is 0.143. The zero-order valence-corrected chi connectivity index (χ0v) is 7.65. The van der Waals surface area contributed by atoms with Gasteiger partial charge in [0, 0.05) is 0 Å². The minimum atomic E-state index is -0.178. The largest absolute Gasteiger partial charge is 0.284 e. The molecular weight excluding hydrogens is 188 g/mol. The zero-order chi connectivity index (χ0) is 9.26. The van der Waals surface area contributed by atoms with E-state index < -0.39 is 0 Å². The minimum absolute atomic E-state index is 0.143. The second-order valence-electron chi connectivity index (χ2n) is 2.41. The van der Waals surface area contributed by atoms with E-state index in [-0.39, 0.29) is 11.6 Å². The summed E-state index contributed by atoms with van der Waals surface area (Å²) in [6.45, 7) is 0. The SMILES string of the molecule is Cn1nnc(C(=O)c2cccs2)n1. The molecule has 0 aliphatic heterocycles. The molecule has 2 rings (SSSR count). The average molecular weight is 194 g/mol. The third-order valence-electron chi connectivity index (χ3n) is 1.46. The van der Waals surface area contributed by atoms with Gasteiger partial charge in [0.15, 0.2) is 0 Å². The highest BCUT2D eigenvalue weighted by Gasteiger charge is 2.14. The molecule has 0 amide bonds. The van der Waals surface area contributed by atoms with Crippen LogP contribution in [-0.4, -0.2) is 26.0 Å². The Morgan fingerprint density at radius 2 is 2.46 bits per heavy atom. The summed E-state index contributed by atoms with van der Waals surface area (Å²) in [4.78, 5) is 13.4. The normalized spacial score (nSPS) is 10.2. The lowest BCUT2D eigenvalue weighted by Gasteiger charge is -1.87. The van der Waals surface area contributed by atoms with Crippen LogP contribution in [-0.2, 0) is 7.05 Å². The highest BCUT2D eigenvalue weighted by atomic mass is 32.1. The highest BCUT2D eigenvalue weighted by Crippen LogP contribution is 2.11. The zero-order valence-electron chi connectivity index (χ0n) is 6.84. The topological polar surface area (TPSA) is 60.7 Å². The Balaban J connectivity index is 2.33. The van der Waals surface area contributed by atoms with Crippen molar-refractivity contribution < 1.29 is 4.79 Å². The van der Waals surface area contributed by atoms with Gasteiger partial charge in [0.05, 0.1) is 11.9 Å². The third-order valence-corrected chi connectivity index (χ3v) is 2.33. The average Bonchev–Trinajstić information content (AvgIpc) is 2.72. The van der Waals surface area contributed by atoms with Gasteiger partial charge in [-0.15, -0.1) is 21.5 Å². The first-order valence-corrected chi connectivity index (χ1v) is 4.47. The van der Waals surface area contributed by atoms with Crippen LogP contribution >= 0.6 is 11.3 Å². The Labute approximate surface area is 78.0 Å². The number of rotatable bonds is 2. The van der Waals surface area contributed by atoms with Crippen molar-refractivity contribution in [3.63, 3.8) is 0 Å². The first kappa shape index (κ1) is 8.06. The lowest BCUT2D eigenvalue weighted by atomic mass is 10.3. The molecule has 0 aliphatic rings. The standard InChI is InChI=1S/C7H6N4OS/c1-11-9-7(8-10-11)6(12)5-3-2-4-13-5/h2-4H,1H3. The smallest absolute Gasteiger partial charge is 0.246 e. The van der Waals surface area contributed by atoms with E-state index >= 15 is 0 Å². The first-order chi connectivity index (χ1) is 6.27. The van der Waals surface area contributed by atoms with Crippen molar-refractivity contribution in [1.82, 2.24) is 20.2 Å². The highest BCUT2D eigenvalue weighted by molar-refractivity contribution is 7.12. The summed E-state index contributed by atoms with van der Waals surface area (Å²) in [7, 11) is 1.62. The third kappa shape index (κ3) is 1.48. The Bertz CT molecular complexity index is 419. The van der Waals surface area contributed by atoms with E-state index in [9.17, 15) is 4.79 Å². The number of tetrazole rings is 1. The van der Waals surface area contributed by atoms with E-state index in [1.54, 1.807) is 13.1 Å². The van der Waals surface area contributed by atoms with Crippen molar-refractivity contribution in [3.8, 4) is 0 Å². The van der Waals surface area contributed by atoms with Crippen LogP contribution in [0.4, 0.5) is 0 Å². The van der Waals surface area contributed by atoms with Crippen LogP contribution in [0, 0.1) is 0 Å². The fourth-order valence-corrected chi connectivity index (χ4v) is 1.55. The number of aromatic nitrogens is 4. The molecule has 0 aromatic carbocycles. The van der Waals surface area contributed by atoms with Crippen molar-refractivity contribution in [2.45, 2.75) is 0 Å². The molecule has 0 unspecified atom stereocenters. The summed E-state index contributed by atoms with van der Waals surface area (Å²) in [5, 5.41) is 12.9. The van der Waals surface area contributed by atoms with Gasteiger partial charge >= 0.3 is 0 Å². The first-order valence-electron chi connectivity index (χ1n) is 3.59. The fourth-order valence-electron chi connectivity index (χ4n) is 0.893. The van der Waals surface area contributed by atoms with Gasteiger partial charge in [0.25, 0.3) is 0 Å². The molecule has 0 N–H and O–H groups in total. The van der Waals surface area contributed by atoms with E-state index in [0.717, 1.165) is 0 Å². The lowest BCUT2D eigenvalue weighted by Crippen LogP contribution is -2.02. The summed E-state index contributed by atoms with van der Waals surface area (Å²) in [5.41, 5.74) is 0. The summed E-state index contributed by atoms with van der Waals surface area (Å²) in [6.07, 6.45) is 0.